The lowest BCUT2D eigenvalue weighted by Crippen LogP contribution is -2.04. The molecule has 1 amide bonds. The second kappa shape index (κ2) is 3.21. The molecule has 0 radical (unpaired) electrons. The first-order chi connectivity index (χ1) is 6.31. The highest BCUT2D eigenvalue weighted by Gasteiger charge is 2.19. The van der Waals surface area contributed by atoms with Crippen LogP contribution < -0.4 is 5.32 Å². The maximum atomic E-state index is 11.1. The molecule has 1 heterocycles. The number of aryl methyl sites for hydroxylation is 1. The summed E-state index contributed by atoms with van der Waals surface area (Å²) >= 11 is 0. The van der Waals surface area contributed by atoms with Gasteiger partial charge in [0.2, 0.25) is 5.91 Å². The van der Waals surface area contributed by atoms with Gasteiger partial charge in [0.1, 0.15) is 0 Å². The van der Waals surface area contributed by atoms with Gasteiger partial charge >= 0.3 is 0 Å². The maximum absolute atomic E-state index is 11.1. The molecule has 0 saturated heterocycles. The van der Waals surface area contributed by atoms with E-state index in [4.69, 9.17) is 0 Å². The average Bonchev–Trinajstić information content (AvgIpc) is 2.47. The molecule has 1 aliphatic rings. The zero-order chi connectivity index (χ0) is 9.26. The Balaban J connectivity index is 2.39. The fraction of sp³-hybridized carbons (Fsp3) is 0.364. The number of benzene rings is 1. The zero-order valence-electron chi connectivity index (χ0n) is 7.76. The van der Waals surface area contributed by atoms with Crippen LogP contribution in [0.1, 0.15) is 24.5 Å². The van der Waals surface area contributed by atoms with Gasteiger partial charge in [-0.1, -0.05) is 31.5 Å². The van der Waals surface area contributed by atoms with E-state index in [1.165, 1.54) is 5.56 Å². The van der Waals surface area contributed by atoms with Crippen molar-refractivity contribution in [3.05, 3.63) is 29.3 Å². The van der Waals surface area contributed by atoms with Gasteiger partial charge in [0, 0.05) is 5.69 Å². The third-order valence-corrected chi connectivity index (χ3v) is 2.37. The number of rotatable bonds is 2. The summed E-state index contributed by atoms with van der Waals surface area (Å²) in [5.41, 5.74) is 3.48. The van der Waals surface area contributed by atoms with E-state index in [1.807, 2.05) is 12.1 Å². The van der Waals surface area contributed by atoms with E-state index in [2.05, 4.69) is 18.3 Å². The Kier molecular flexibility index (Phi) is 2.05. The van der Waals surface area contributed by atoms with Gasteiger partial charge in [0.05, 0.1) is 6.42 Å². The topological polar surface area (TPSA) is 29.1 Å². The first-order valence-electron chi connectivity index (χ1n) is 4.72. The van der Waals surface area contributed by atoms with Gasteiger partial charge in [-0.05, 0) is 17.5 Å². The maximum Gasteiger partial charge on any atom is 0.228 e. The largest absolute Gasteiger partial charge is 0.325 e. The highest BCUT2D eigenvalue weighted by atomic mass is 16.1. The number of fused-ring (bicyclic) bond motifs is 1. The van der Waals surface area contributed by atoms with Crippen LogP contribution in [0.3, 0.4) is 0 Å². The molecule has 0 bridgehead atoms. The number of amides is 1. The molecule has 0 fully saturated rings. The first kappa shape index (κ1) is 8.30. The molecule has 0 saturated carbocycles. The lowest BCUT2D eigenvalue weighted by molar-refractivity contribution is -0.115. The molecule has 0 atom stereocenters. The molecule has 13 heavy (non-hydrogen) atoms. The van der Waals surface area contributed by atoms with Crippen molar-refractivity contribution in [3.8, 4) is 0 Å². The fourth-order valence-corrected chi connectivity index (χ4v) is 1.80. The number of hydrogen-bond acceptors (Lipinski definition) is 1. The van der Waals surface area contributed by atoms with Gasteiger partial charge < -0.3 is 5.32 Å². The summed E-state index contributed by atoms with van der Waals surface area (Å²) in [6, 6.07) is 6.14. The molecule has 2 nitrogen and oxygen atoms in total. The van der Waals surface area contributed by atoms with Crippen LogP contribution in [0.25, 0.3) is 0 Å². The van der Waals surface area contributed by atoms with Gasteiger partial charge in [0.25, 0.3) is 0 Å². The molecule has 1 N–H and O–H groups in total. The third kappa shape index (κ3) is 1.44. The quantitative estimate of drug-likeness (QED) is 0.733. The van der Waals surface area contributed by atoms with Crippen LogP contribution in [-0.2, 0) is 17.6 Å². The van der Waals surface area contributed by atoms with E-state index < -0.39 is 0 Å². The monoisotopic (exact) mass is 175 g/mol. The van der Waals surface area contributed by atoms with Crippen molar-refractivity contribution in [1.29, 1.82) is 0 Å². The van der Waals surface area contributed by atoms with Gasteiger partial charge in [0.15, 0.2) is 0 Å². The number of hydrogen-bond donors (Lipinski definition) is 1. The van der Waals surface area contributed by atoms with Crippen LogP contribution in [0.2, 0.25) is 0 Å². The summed E-state index contributed by atoms with van der Waals surface area (Å²) < 4.78 is 0. The van der Waals surface area contributed by atoms with Crippen molar-refractivity contribution in [1.82, 2.24) is 0 Å². The Morgan fingerprint density at radius 3 is 3.08 bits per heavy atom. The molecule has 0 unspecified atom stereocenters. The van der Waals surface area contributed by atoms with Gasteiger partial charge in [-0.15, -0.1) is 0 Å². The molecular weight excluding hydrogens is 162 g/mol. The number of anilines is 1. The van der Waals surface area contributed by atoms with E-state index in [1.54, 1.807) is 0 Å². The van der Waals surface area contributed by atoms with Crippen molar-refractivity contribution in [2.24, 2.45) is 0 Å². The lowest BCUT2D eigenvalue weighted by Gasteiger charge is -2.05. The Labute approximate surface area is 78.0 Å². The highest BCUT2D eigenvalue weighted by Crippen LogP contribution is 2.27. The fourth-order valence-electron chi connectivity index (χ4n) is 1.80. The predicted molar refractivity (Wildman–Crippen MR) is 52.8 cm³/mol. The molecule has 0 aliphatic carbocycles. The van der Waals surface area contributed by atoms with Crippen LogP contribution in [0.5, 0.6) is 0 Å². The van der Waals surface area contributed by atoms with E-state index >= 15 is 0 Å². The predicted octanol–water partition coefficient (Wildman–Crippen LogP) is 2.13. The van der Waals surface area contributed by atoms with Crippen molar-refractivity contribution in [3.63, 3.8) is 0 Å². The minimum absolute atomic E-state index is 0.124. The normalized spacial score (nSPS) is 14.1. The van der Waals surface area contributed by atoms with Crippen molar-refractivity contribution in [2.45, 2.75) is 26.2 Å². The number of carbonyl (C=O) groups excluding carboxylic acids is 1. The Hall–Kier alpha value is -1.31. The summed E-state index contributed by atoms with van der Waals surface area (Å²) in [5.74, 6) is 0.124. The second-order valence-corrected chi connectivity index (χ2v) is 3.43. The van der Waals surface area contributed by atoms with Crippen molar-refractivity contribution in [2.75, 3.05) is 5.32 Å². The van der Waals surface area contributed by atoms with Gasteiger partial charge in [-0.2, -0.15) is 0 Å². The zero-order valence-corrected chi connectivity index (χ0v) is 7.76. The number of carbonyl (C=O) groups is 1. The highest BCUT2D eigenvalue weighted by molar-refractivity contribution is 6.00. The first-order valence-corrected chi connectivity index (χ1v) is 4.72. The Morgan fingerprint density at radius 1 is 1.46 bits per heavy atom. The van der Waals surface area contributed by atoms with Gasteiger partial charge in [-0.3, -0.25) is 4.79 Å². The van der Waals surface area contributed by atoms with Crippen molar-refractivity contribution < 1.29 is 4.79 Å². The summed E-state index contributed by atoms with van der Waals surface area (Å²) in [6.07, 6.45) is 2.71. The average molecular weight is 175 g/mol. The minimum Gasteiger partial charge on any atom is -0.325 e. The Bertz CT molecular complexity index is 344. The lowest BCUT2D eigenvalue weighted by atomic mass is 10.0. The van der Waals surface area contributed by atoms with E-state index in [0.29, 0.717) is 6.42 Å². The summed E-state index contributed by atoms with van der Waals surface area (Å²) in [6.45, 7) is 2.15. The van der Waals surface area contributed by atoms with Crippen LogP contribution in [-0.4, -0.2) is 5.91 Å². The molecule has 1 aromatic rings. The molecule has 1 aliphatic heterocycles. The molecule has 0 aromatic heterocycles. The smallest absolute Gasteiger partial charge is 0.228 e. The molecular formula is C11H13NO. The summed E-state index contributed by atoms with van der Waals surface area (Å²) in [4.78, 5) is 11.1. The van der Waals surface area contributed by atoms with Crippen LogP contribution >= 0.6 is 0 Å². The molecule has 2 heteroatoms. The van der Waals surface area contributed by atoms with E-state index in [0.717, 1.165) is 24.1 Å². The number of nitrogens with one attached hydrogen (secondary N) is 1. The van der Waals surface area contributed by atoms with E-state index in [-0.39, 0.29) is 5.91 Å². The van der Waals surface area contributed by atoms with Gasteiger partial charge in [-0.25, -0.2) is 0 Å². The second-order valence-electron chi connectivity index (χ2n) is 3.43. The SMILES string of the molecule is CCCc1cccc2c1NC(=O)C2. The summed E-state index contributed by atoms with van der Waals surface area (Å²) in [7, 11) is 0. The third-order valence-electron chi connectivity index (χ3n) is 2.37. The van der Waals surface area contributed by atoms with E-state index in [9.17, 15) is 4.79 Å². The molecule has 1 aromatic carbocycles. The summed E-state index contributed by atoms with van der Waals surface area (Å²) in [5, 5.41) is 2.91. The molecule has 68 valence electrons. The standard InChI is InChI=1S/C11H13NO/c1-2-4-8-5-3-6-9-7-10(13)12-11(8)9/h3,5-6H,2,4,7H2,1H3,(H,12,13). The number of para-hydroxylation sites is 1. The molecule has 2 rings (SSSR count). The molecule has 0 spiro atoms. The van der Waals surface area contributed by atoms with Crippen molar-refractivity contribution >= 4 is 11.6 Å². The Morgan fingerprint density at radius 2 is 2.31 bits per heavy atom. The van der Waals surface area contributed by atoms with Crippen LogP contribution in [0.4, 0.5) is 5.69 Å². The van der Waals surface area contributed by atoms with Crippen LogP contribution in [0.15, 0.2) is 18.2 Å². The minimum atomic E-state index is 0.124. The van der Waals surface area contributed by atoms with Crippen LogP contribution in [0, 0.1) is 0 Å².